The van der Waals surface area contributed by atoms with E-state index in [-0.39, 0.29) is 11.7 Å². The molecule has 0 atom stereocenters. The maximum absolute atomic E-state index is 11.0. The van der Waals surface area contributed by atoms with Gasteiger partial charge >= 0.3 is 0 Å². The Kier molecular flexibility index (Phi) is 5.42. The van der Waals surface area contributed by atoms with Crippen molar-refractivity contribution in [2.24, 2.45) is 0 Å². The second-order valence-corrected chi connectivity index (χ2v) is 5.03. The van der Waals surface area contributed by atoms with Crippen molar-refractivity contribution in [3.63, 3.8) is 0 Å². The standard InChI is InChI=1S/C18H21NO3/c1-3-22-17-8-5-14(6-9-17)18-12-16(21)7-4-15(18)10-11-19-13(2)20/h4-9,12,21H,3,10-11H2,1-2H3,(H,19,20). The van der Waals surface area contributed by atoms with Crippen LogP contribution in [0.4, 0.5) is 0 Å². The zero-order chi connectivity index (χ0) is 15.9. The van der Waals surface area contributed by atoms with E-state index in [1.165, 1.54) is 6.92 Å². The number of ether oxygens (including phenoxy) is 1. The number of rotatable bonds is 6. The molecule has 2 N–H and O–H groups in total. The molecule has 1 amide bonds. The molecule has 2 aromatic rings. The minimum absolute atomic E-state index is 0.0404. The van der Waals surface area contributed by atoms with Crippen LogP contribution in [0.5, 0.6) is 11.5 Å². The summed E-state index contributed by atoms with van der Waals surface area (Å²) in [7, 11) is 0. The van der Waals surface area contributed by atoms with Crippen LogP contribution in [0, 0.1) is 0 Å². The Hall–Kier alpha value is -2.49. The first-order valence-corrected chi connectivity index (χ1v) is 7.39. The van der Waals surface area contributed by atoms with E-state index in [0.29, 0.717) is 19.6 Å². The number of benzene rings is 2. The largest absolute Gasteiger partial charge is 0.508 e. The average molecular weight is 299 g/mol. The van der Waals surface area contributed by atoms with Gasteiger partial charge in [0, 0.05) is 13.5 Å². The predicted octanol–water partition coefficient (Wildman–Crippen LogP) is 3.14. The third kappa shape index (κ3) is 4.25. The van der Waals surface area contributed by atoms with E-state index in [4.69, 9.17) is 4.74 Å². The molecule has 0 saturated heterocycles. The van der Waals surface area contributed by atoms with Crippen LogP contribution in [0.1, 0.15) is 19.4 Å². The number of phenolic OH excluding ortho intramolecular Hbond substituents is 1. The maximum Gasteiger partial charge on any atom is 0.216 e. The molecule has 4 nitrogen and oxygen atoms in total. The molecule has 2 aromatic carbocycles. The fourth-order valence-corrected chi connectivity index (χ4v) is 2.32. The second kappa shape index (κ2) is 7.50. The van der Waals surface area contributed by atoms with E-state index in [1.807, 2.05) is 37.3 Å². The third-order valence-corrected chi connectivity index (χ3v) is 3.34. The number of carbonyl (C=O) groups excluding carboxylic acids is 1. The third-order valence-electron chi connectivity index (χ3n) is 3.34. The van der Waals surface area contributed by atoms with Gasteiger partial charge in [-0.1, -0.05) is 18.2 Å². The maximum atomic E-state index is 11.0. The smallest absolute Gasteiger partial charge is 0.216 e. The van der Waals surface area contributed by atoms with Crippen LogP contribution in [0.2, 0.25) is 0 Å². The van der Waals surface area contributed by atoms with Crippen LogP contribution in [0.3, 0.4) is 0 Å². The Bertz CT molecular complexity index is 635. The number of hydrogen-bond donors (Lipinski definition) is 2. The molecule has 0 radical (unpaired) electrons. The van der Waals surface area contributed by atoms with Crippen LogP contribution < -0.4 is 10.1 Å². The van der Waals surface area contributed by atoms with Gasteiger partial charge in [0.15, 0.2) is 0 Å². The molecule has 0 bridgehead atoms. The minimum Gasteiger partial charge on any atom is -0.508 e. The number of phenols is 1. The topological polar surface area (TPSA) is 58.6 Å². The van der Waals surface area contributed by atoms with Crippen molar-refractivity contribution in [3.05, 3.63) is 48.0 Å². The first kappa shape index (κ1) is 15.9. The minimum atomic E-state index is -0.0404. The fourth-order valence-electron chi connectivity index (χ4n) is 2.32. The molecular weight excluding hydrogens is 278 g/mol. The van der Waals surface area contributed by atoms with Crippen LogP contribution in [-0.4, -0.2) is 24.2 Å². The van der Waals surface area contributed by atoms with Crippen LogP contribution in [0.25, 0.3) is 11.1 Å². The Balaban J connectivity index is 2.24. The summed E-state index contributed by atoms with van der Waals surface area (Å²) in [5.74, 6) is 1.01. The van der Waals surface area contributed by atoms with Gasteiger partial charge in [-0.3, -0.25) is 4.79 Å². The average Bonchev–Trinajstić information content (AvgIpc) is 2.49. The van der Waals surface area contributed by atoms with Gasteiger partial charge in [-0.15, -0.1) is 0 Å². The molecule has 0 aliphatic carbocycles. The molecule has 0 spiro atoms. The van der Waals surface area contributed by atoms with Gasteiger partial charge in [-0.05, 0) is 54.3 Å². The van der Waals surface area contributed by atoms with Gasteiger partial charge in [0.2, 0.25) is 5.91 Å². The van der Waals surface area contributed by atoms with Crippen molar-refractivity contribution in [2.45, 2.75) is 20.3 Å². The Morgan fingerprint density at radius 3 is 2.55 bits per heavy atom. The van der Waals surface area contributed by atoms with Crippen LogP contribution >= 0.6 is 0 Å². The Labute approximate surface area is 130 Å². The number of aromatic hydroxyl groups is 1. The summed E-state index contributed by atoms with van der Waals surface area (Å²) in [6, 6.07) is 13.1. The summed E-state index contributed by atoms with van der Waals surface area (Å²) in [5, 5.41) is 12.5. The Morgan fingerprint density at radius 1 is 1.18 bits per heavy atom. The second-order valence-electron chi connectivity index (χ2n) is 5.03. The van der Waals surface area contributed by atoms with Gasteiger partial charge in [0.1, 0.15) is 11.5 Å². The molecular formula is C18H21NO3. The lowest BCUT2D eigenvalue weighted by molar-refractivity contribution is -0.118. The number of carbonyl (C=O) groups is 1. The van der Waals surface area contributed by atoms with E-state index < -0.39 is 0 Å². The molecule has 0 unspecified atom stereocenters. The molecule has 116 valence electrons. The molecule has 0 aliphatic rings. The van der Waals surface area contributed by atoms with Crippen LogP contribution in [-0.2, 0) is 11.2 Å². The normalized spacial score (nSPS) is 10.3. The fraction of sp³-hybridized carbons (Fsp3) is 0.278. The summed E-state index contributed by atoms with van der Waals surface area (Å²) >= 11 is 0. The molecule has 0 saturated carbocycles. The number of hydrogen-bond acceptors (Lipinski definition) is 3. The van der Waals surface area contributed by atoms with Crippen molar-refractivity contribution in [3.8, 4) is 22.6 Å². The van der Waals surface area contributed by atoms with E-state index >= 15 is 0 Å². The molecule has 4 heteroatoms. The molecule has 0 aromatic heterocycles. The first-order valence-electron chi connectivity index (χ1n) is 7.39. The monoisotopic (exact) mass is 299 g/mol. The summed E-state index contributed by atoms with van der Waals surface area (Å²) in [4.78, 5) is 11.0. The molecule has 22 heavy (non-hydrogen) atoms. The highest BCUT2D eigenvalue weighted by atomic mass is 16.5. The quantitative estimate of drug-likeness (QED) is 0.861. The summed E-state index contributed by atoms with van der Waals surface area (Å²) in [5.41, 5.74) is 3.06. The SMILES string of the molecule is CCOc1ccc(-c2cc(O)ccc2CCNC(C)=O)cc1. The van der Waals surface area contributed by atoms with Crippen molar-refractivity contribution in [1.29, 1.82) is 0 Å². The van der Waals surface area contributed by atoms with Crippen molar-refractivity contribution < 1.29 is 14.6 Å². The number of nitrogens with one attached hydrogen (secondary N) is 1. The Morgan fingerprint density at radius 2 is 1.91 bits per heavy atom. The summed E-state index contributed by atoms with van der Waals surface area (Å²) in [6.07, 6.45) is 0.711. The van der Waals surface area contributed by atoms with Crippen molar-refractivity contribution in [2.75, 3.05) is 13.2 Å². The van der Waals surface area contributed by atoms with E-state index in [0.717, 1.165) is 22.4 Å². The van der Waals surface area contributed by atoms with Crippen LogP contribution in [0.15, 0.2) is 42.5 Å². The lowest BCUT2D eigenvalue weighted by Gasteiger charge is -2.12. The summed E-state index contributed by atoms with van der Waals surface area (Å²) < 4.78 is 5.45. The number of amides is 1. The van der Waals surface area contributed by atoms with Gasteiger partial charge in [0.25, 0.3) is 0 Å². The summed E-state index contributed by atoms with van der Waals surface area (Å²) in [6.45, 7) is 4.66. The molecule has 0 aliphatic heterocycles. The van der Waals surface area contributed by atoms with Crippen molar-refractivity contribution >= 4 is 5.91 Å². The zero-order valence-electron chi connectivity index (χ0n) is 12.9. The van der Waals surface area contributed by atoms with E-state index in [2.05, 4.69) is 5.32 Å². The van der Waals surface area contributed by atoms with Crippen molar-refractivity contribution in [1.82, 2.24) is 5.32 Å². The predicted molar refractivity (Wildman–Crippen MR) is 87.1 cm³/mol. The van der Waals surface area contributed by atoms with E-state index in [9.17, 15) is 9.90 Å². The van der Waals surface area contributed by atoms with Gasteiger partial charge in [-0.25, -0.2) is 0 Å². The first-order chi connectivity index (χ1) is 10.6. The van der Waals surface area contributed by atoms with E-state index in [1.54, 1.807) is 12.1 Å². The van der Waals surface area contributed by atoms with Gasteiger partial charge in [0.05, 0.1) is 6.61 Å². The lowest BCUT2D eigenvalue weighted by atomic mass is 9.97. The molecule has 0 heterocycles. The highest BCUT2D eigenvalue weighted by Crippen LogP contribution is 2.29. The lowest BCUT2D eigenvalue weighted by Crippen LogP contribution is -2.22. The highest BCUT2D eigenvalue weighted by Gasteiger charge is 2.07. The van der Waals surface area contributed by atoms with Gasteiger partial charge < -0.3 is 15.2 Å². The molecule has 0 fully saturated rings. The zero-order valence-corrected chi connectivity index (χ0v) is 12.9. The van der Waals surface area contributed by atoms with Gasteiger partial charge in [-0.2, -0.15) is 0 Å². The highest BCUT2D eigenvalue weighted by molar-refractivity contribution is 5.73. The molecule has 2 rings (SSSR count).